The molecule has 0 radical (unpaired) electrons. The maximum Gasteiger partial charge on any atom is 0.326 e. The van der Waals surface area contributed by atoms with Gasteiger partial charge in [-0.2, -0.15) is 0 Å². The van der Waals surface area contributed by atoms with Crippen molar-refractivity contribution in [3.05, 3.63) is 35.9 Å². The summed E-state index contributed by atoms with van der Waals surface area (Å²) in [5.41, 5.74) is 5.85. The molecule has 0 saturated carbocycles. The SMILES string of the molecule is NCCC(=O)N1C[C@H](NC(=O)c2ccccc2)C[C@H]1C(=O)O. The molecule has 0 unspecified atom stereocenters. The Bertz CT molecular complexity index is 561. The lowest BCUT2D eigenvalue weighted by molar-refractivity contribution is -0.148. The number of likely N-dealkylation sites (tertiary alicyclic amines) is 1. The van der Waals surface area contributed by atoms with Gasteiger partial charge in [-0.3, -0.25) is 9.59 Å². The number of aliphatic carboxylic acids is 1. The van der Waals surface area contributed by atoms with Gasteiger partial charge in [-0.15, -0.1) is 0 Å². The summed E-state index contributed by atoms with van der Waals surface area (Å²) in [5, 5.41) is 12.0. The number of benzene rings is 1. The van der Waals surface area contributed by atoms with Crippen LogP contribution in [0.5, 0.6) is 0 Å². The van der Waals surface area contributed by atoms with Crippen LogP contribution in [-0.2, 0) is 9.59 Å². The number of nitrogens with two attached hydrogens (primary N) is 1. The molecule has 1 aromatic carbocycles. The lowest BCUT2D eigenvalue weighted by Crippen LogP contribution is -2.42. The molecule has 1 saturated heterocycles. The van der Waals surface area contributed by atoms with Crippen LogP contribution in [0.2, 0.25) is 0 Å². The molecule has 1 aliphatic rings. The van der Waals surface area contributed by atoms with Crippen molar-refractivity contribution < 1.29 is 19.5 Å². The molecule has 0 bridgehead atoms. The minimum atomic E-state index is -1.07. The molecule has 4 N–H and O–H groups in total. The molecule has 1 fully saturated rings. The van der Waals surface area contributed by atoms with Gasteiger partial charge in [0.1, 0.15) is 6.04 Å². The normalized spacial score (nSPS) is 20.7. The molecular weight excluding hydrogens is 286 g/mol. The fourth-order valence-corrected chi connectivity index (χ4v) is 2.58. The first-order valence-corrected chi connectivity index (χ1v) is 7.11. The van der Waals surface area contributed by atoms with Crippen LogP contribution >= 0.6 is 0 Å². The standard InChI is InChI=1S/C15H19N3O4/c16-7-6-13(19)18-9-11(8-12(18)15(21)22)17-14(20)10-4-2-1-3-5-10/h1-5,11-12H,6-9,16H2,(H,17,20)(H,21,22)/t11-,12+/m1/s1. The number of carbonyl (C=O) groups is 3. The zero-order valence-electron chi connectivity index (χ0n) is 12.1. The van der Waals surface area contributed by atoms with Crippen LogP contribution in [0, 0.1) is 0 Å². The molecule has 0 aliphatic carbocycles. The predicted molar refractivity (Wildman–Crippen MR) is 79.1 cm³/mol. The van der Waals surface area contributed by atoms with Gasteiger partial charge in [0.2, 0.25) is 5.91 Å². The molecule has 22 heavy (non-hydrogen) atoms. The van der Waals surface area contributed by atoms with Gasteiger partial charge in [0.15, 0.2) is 0 Å². The van der Waals surface area contributed by atoms with E-state index >= 15 is 0 Å². The highest BCUT2D eigenvalue weighted by atomic mass is 16.4. The number of nitrogens with zero attached hydrogens (tertiary/aromatic N) is 1. The van der Waals surface area contributed by atoms with Crippen LogP contribution in [0.1, 0.15) is 23.2 Å². The fraction of sp³-hybridized carbons (Fsp3) is 0.400. The topological polar surface area (TPSA) is 113 Å². The summed E-state index contributed by atoms with van der Waals surface area (Å²) in [5.74, 6) is -1.64. The molecule has 2 atom stereocenters. The molecule has 0 spiro atoms. The number of amides is 2. The van der Waals surface area contributed by atoms with Gasteiger partial charge in [-0.25, -0.2) is 4.79 Å². The van der Waals surface area contributed by atoms with Crippen molar-refractivity contribution in [2.24, 2.45) is 5.73 Å². The average molecular weight is 305 g/mol. The van der Waals surface area contributed by atoms with E-state index in [1.807, 2.05) is 0 Å². The van der Waals surface area contributed by atoms with Crippen molar-refractivity contribution >= 4 is 17.8 Å². The van der Waals surface area contributed by atoms with Crippen LogP contribution in [0.15, 0.2) is 30.3 Å². The quantitative estimate of drug-likeness (QED) is 0.698. The molecule has 2 amide bonds. The van der Waals surface area contributed by atoms with Crippen LogP contribution in [0.25, 0.3) is 0 Å². The van der Waals surface area contributed by atoms with Crippen molar-refractivity contribution in [3.63, 3.8) is 0 Å². The number of carboxylic acids is 1. The van der Waals surface area contributed by atoms with Gasteiger partial charge < -0.3 is 21.1 Å². The third-order valence-electron chi connectivity index (χ3n) is 3.64. The van der Waals surface area contributed by atoms with Crippen molar-refractivity contribution in [1.29, 1.82) is 0 Å². The van der Waals surface area contributed by atoms with E-state index in [2.05, 4.69) is 5.32 Å². The van der Waals surface area contributed by atoms with Gasteiger partial charge in [0, 0.05) is 37.5 Å². The van der Waals surface area contributed by atoms with E-state index in [-0.39, 0.29) is 43.8 Å². The summed E-state index contributed by atoms with van der Waals surface area (Å²) in [6.45, 7) is 0.358. The first-order valence-electron chi connectivity index (χ1n) is 7.11. The van der Waals surface area contributed by atoms with Crippen LogP contribution < -0.4 is 11.1 Å². The third kappa shape index (κ3) is 3.62. The molecule has 1 aromatic rings. The summed E-state index contributed by atoms with van der Waals surface area (Å²) in [6.07, 6.45) is 0.299. The summed E-state index contributed by atoms with van der Waals surface area (Å²) in [7, 11) is 0. The molecular formula is C15H19N3O4. The van der Waals surface area contributed by atoms with Crippen LogP contribution in [0.4, 0.5) is 0 Å². The maximum atomic E-state index is 12.1. The van der Waals surface area contributed by atoms with Crippen molar-refractivity contribution in [3.8, 4) is 0 Å². The van der Waals surface area contributed by atoms with E-state index in [0.29, 0.717) is 5.56 Å². The van der Waals surface area contributed by atoms with E-state index in [1.165, 1.54) is 4.90 Å². The zero-order valence-corrected chi connectivity index (χ0v) is 12.1. The molecule has 7 nitrogen and oxygen atoms in total. The predicted octanol–water partition coefficient (Wildman–Crippen LogP) is -0.181. The fourth-order valence-electron chi connectivity index (χ4n) is 2.58. The Morgan fingerprint density at radius 2 is 1.95 bits per heavy atom. The summed E-state index contributed by atoms with van der Waals surface area (Å²) in [6, 6.07) is 7.37. The van der Waals surface area contributed by atoms with Gasteiger partial charge in [0.25, 0.3) is 5.91 Å². The zero-order chi connectivity index (χ0) is 16.1. The van der Waals surface area contributed by atoms with Crippen molar-refractivity contribution in [2.75, 3.05) is 13.1 Å². The Morgan fingerprint density at radius 1 is 1.27 bits per heavy atom. The van der Waals surface area contributed by atoms with E-state index in [0.717, 1.165) is 0 Å². The lowest BCUT2D eigenvalue weighted by atomic mass is 10.1. The van der Waals surface area contributed by atoms with E-state index in [4.69, 9.17) is 5.73 Å². The lowest BCUT2D eigenvalue weighted by Gasteiger charge is -2.21. The summed E-state index contributed by atoms with van der Waals surface area (Å²) < 4.78 is 0. The van der Waals surface area contributed by atoms with Crippen LogP contribution in [-0.4, -0.2) is 53.0 Å². The first-order chi connectivity index (χ1) is 10.5. The van der Waals surface area contributed by atoms with E-state index < -0.39 is 12.0 Å². The maximum absolute atomic E-state index is 12.1. The molecule has 1 heterocycles. The monoisotopic (exact) mass is 305 g/mol. The number of rotatable bonds is 5. The Labute approximate surface area is 128 Å². The Kier molecular flexibility index (Phi) is 5.11. The van der Waals surface area contributed by atoms with Crippen LogP contribution in [0.3, 0.4) is 0 Å². The molecule has 7 heteroatoms. The minimum Gasteiger partial charge on any atom is -0.480 e. The highest BCUT2D eigenvalue weighted by molar-refractivity contribution is 5.94. The van der Waals surface area contributed by atoms with Gasteiger partial charge in [-0.05, 0) is 12.1 Å². The first kappa shape index (κ1) is 16.0. The van der Waals surface area contributed by atoms with Gasteiger partial charge in [0.05, 0.1) is 0 Å². The number of nitrogens with one attached hydrogen (secondary N) is 1. The van der Waals surface area contributed by atoms with Gasteiger partial charge >= 0.3 is 5.97 Å². The number of carboxylic acid groups (broad SMARTS) is 1. The Hall–Kier alpha value is -2.41. The minimum absolute atomic E-state index is 0.100. The highest BCUT2D eigenvalue weighted by Crippen LogP contribution is 2.19. The van der Waals surface area contributed by atoms with Crippen molar-refractivity contribution in [1.82, 2.24) is 10.2 Å². The average Bonchev–Trinajstić information content (AvgIpc) is 2.92. The Morgan fingerprint density at radius 3 is 2.55 bits per heavy atom. The van der Waals surface area contributed by atoms with E-state index in [9.17, 15) is 19.5 Å². The Balaban J connectivity index is 2.03. The molecule has 0 aromatic heterocycles. The smallest absolute Gasteiger partial charge is 0.326 e. The summed E-state index contributed by atoms with van der Waals surface area (Å²) in [4.78, 5) is 36.6. The van der Waals surface area contributed by atoms with Gasteiger partial charge in [-0.1, -0.05) is 18.2 Å². The largest absolute Gasteiger partial charge is 0.480 e. The molecule has 118 valence electrons. The number of hydrogen-bond acceptors (Lipinski definition) is 4. The second-order valence-corrected chi connectivity index (χ2v) is 5.21. The highest BCUT2D eigenvalue weighted by Gasteiger charge is 2.39. The second kappa shape index (κ2) is 7.04. The summed E-state index contributed by atoms with van der Waals surface area (Å²) >= 11 is 0. The van der Waals surface area contributed by atoms with Crippen molar-refractivity contribution in [2.45, 2.75) is 24.9 Å². The number of hydrogen-bond donors (Lipinski definition) is 3. The molecule has 2 rings (SSSR count). The van der Waals surface area contributed by atoms with E-state index in [1.54, 1.807) is 30.3 Å². The molecule has 1 aliphatic heterocycles. The number of carbonyl (C=O) groups excluding carboxylic acids is 2. The second-order valence-electron chi connectivity index (χ2n) is 5.21. The third-order valence-corrected chi connectivity index (χ3v) is 3.64.